The predicted molar refractivity (Wildman–Crippen MR) is 108 cm³/mol. The fraction of sp³-hybridized carbons (Fsp3) is 0.545. The van der Waals surface area contributed by atoms with Crippen LogP contribution in [0.2, 0.25) is 0 Å². The molecule has 1 saturated heterocycles. The van der Waals surface area contributed by atoms with Gasteiger partial charge in [-0.25, -0.2) is 0 Å². The topological polar surface area (TPSA) is 59.4 Å². The van der Waals surface area contributed by atoms with Gasteiger partial charge in [-0.2, -0.15) is 5.10 Å². The van der Waals surface area contributed by atoms with Gasteiger partial charge in [0.1, 0.15) is 5.69 Å². The van der Waals surface area contributed by atoms with Crippen LogP contribution >= 0.6 is 0 Å². The van der Waals surface area contributed by atoms with Crippen LogP contribution in [-0.2, 0) is 17.8 Å². The van der Waals surface area contributed by atoms with E-state index in [0.29, 0.717) is 24.4 Å². The summed E-state index contributed by atoms with van der Waals surface area (Å²) < 4.78 is 7.58. The van der Waals surface area contributed by atoms with E-state index in [4.69, 9.17) is 4.74 Å². The van der Waals surface area contributed by atoms with Crippen molar-refractivity contribution in [1.29, 1.82) is 0 Å². The molecule has 2 heterocycles. The number of nitrogens with zero attached hydrogens (tertiary/aromatic N) is 3. The number of amides is 1. The summed E-state index contributed by atoms with van der Waals surface area (Å²) >= 11 is 0. The third-order valence-corrected chi connectivity index (χ3v) is 5.72. The second-order valence-corrected chi connectivity index (χ2v) is 8.04. The molecular weight excluding hydrogens is 352 g/mol. The van der Waals surface area contributed by atoms with E-state index in [1.165, 1.54) is 18.4 Å². The molecule has 1 atom stereocenters. The Morgan fingerprint density at radius 2 is 2.07 bits per heavy atom. The highest BCUT2D eigenvalue weighted by Crippen LogP contribution is 2.28. The molecule has 1 N–H and O–H groups in total. The smallest absolute Gasteiger partial charge is 0.272 e. The van der Waals surface area contributed by atoms with Crippen LogP contribution in [0.25, 0.3) is 0 Å². The lowest BCUT2D eigenvalue weighted by molar-refractivity contribution is -0.0212. The Hall–Kier alpha value is -2.18. The third kappa shape index (κ3) is 4.80. The molecule has 0 bridgehead atoms. The number of hydrogen-bond acceptors (Lipinski definition) is 4. The van der Waals surface area contributed by atoms with E-state index in [1.807, 2.05) is 16.9 Å². The average molecular weight is 383 g/mol. The Kier molecular flexibility index (Phi) is 6.07. The van der Waals surface area contributed by atoms with Gasteiger partial charge in [0.15, 0.2) is 0 Å². The lowest BCUT2D eigenvalue weighted by Gasteiger charge is -2.31. The van der Waals surface area contributed by atoms with Crippen LogP contribution in [0, 0.1) is 0 Å². The molecule has 150 valence electrons. The lowest BCUT2D eigenvalue weighted by Crippen LogP contribution is -2.40. The second kappa shape index (κ2) is 8.88. The van der Waals surface area contributed by atoms with Crippen LogP contribution in [0.15, 0.2) is 36.5 Å². The summed E-state index contributed by atoms with van der Waals surface area (Å²) in [4.78, 5) is 14.9. The number of rotatable bonds is 6. The second-order valence-electron chi connectivity index (χ2n) is 8.04. The molecule has 2 fully saturated rings. The van der Waals surface area contributed by atoms with Gasteiger partial charge < -0.3 is 10.1 Å². The number of morpholine rings is 1. The van der Waals surface area contributed by atoms with Crippen LogP contribution in [0.3, 0.4) is 0 Å². The van der Waals surface area contributed by atoms with E-state index in [2.05, 4.69) is 46.5 Å². The number of carbonyl (C=O) groups excluding carboxylic acids is 1. The van der Waals surface area contributed by atoms with Crippen molar-refractivity contribution in [2.75, 3.05) is 19.7 Å². The zero-order chi connectivity index (χ0) is 19.3. The number of hydrogen-bond donors (Lipinski definition) is 1. The maximum Gasteiger partial charge on any atom is 0.272 e. The normalized spacial score (nSPS) is 21.1. The van der Waals surface area contributed by atoms with Gasteiger partial charge in [-0.3, -0.25) is 14.4 Å². The Morgan fingerprint density at radius 1 is 1.25 bits per heavy atom. The maximum atomic E-state index is 12.5. The van der Waals surface area contributed by atoms with Gasteiger partial charge in [-0.05, 0) is 37.0 Å². The number of aromatic nitrogens is 2. The van der Waals surface area contributed by atoms with Gasteiger partial charge in [0, 0.05) is 32.4 Å². The SMILES string of the molecule is CC1CN(Cc2cccc(CNC(=O)c3ccn(C4CCCC4)n3)c2)CCO1. The van der Waals surface area contributed by atoms with Gasteiger partial charge in [-0.1, -0.05) is 37.1 Å². The van der Waals surface area contributed by atoms with E-state index in [-0.39, 0.29) is 5.91 Å². The first-order valence-electron chi connectivity index (χ1n) is 10.4. The Morgan fingerprint density at radius 3 is 2.89 bits per heavy atom. The van der Waals surface area contributed by atoms with E-state index in [1.54, 1.807) is 0 Å². The summed E-state index contributed by atoms with van der Waals surface area (Å²) in [6.07, 6.45) is 7.07. The standard InChI is InChI=1S/C22H30N4O2/c1-17-15-25(11-12-28-17)16-19-6-4-5-18(13-19)14-23-22(27)21-9-10-26(24-21)20-7-2-3-8-20/h4-6,9-10,13,17,20H,2-3,7-8,11-12,14-16H2,1H3,(H,23,27). The molecule has 1 unspecified atom stereocenters. The molecule has 1 aliphatic heterocycles. The Labute approximate surface area is 166 Å². The first kappa shape index (κ1) is 19.2. The molecule has 1 amide bonds. The molecule has 6 nitrogen and oxygen atoms in total. The molecule has 6 heteroatoms. The molecule has 4 rings (SSSR count). The molecule has 2 aliphatic rings. The van der Waals surface area contributed by atoms with E-state index in [9.17, 15) is 4.79 Å². The quantitative estimate of drug-likeness (QED) is 0.834. The highest BCUT2D eigenvalue weighted by atomic mass is 16.5. The third-order valence-electron chi connectivity index (χ3n) is 5.72. The van der Waals surface area contributed by atoms with Crippen molar-refractivity contribution < 1.29 is 9.53 Å². The highest BCUT2D eigenvalue weighted by Gasteiger charge is 2.19. The van der Waals surface area contributed by atoms with E-state index in [0.717, 1.165) is 44.6 Å². The minimum absolute atomic E-state index is 0.107. The Balaban J connectivity index is 1.31. The van der Waals surface area contributed by atoms with Gasteiger partial charge >= 0.3 is 0 Å². The molecule has 1 saturated carbocycles. The van der Waals surface area contributed by atoms with Crippen LogP contribution in [0.1, 0.15) is 60.3 Å². The van der Waals surface area contributed by atoms with Crippen molar-refractivity contribution in [1.82, 2.24) is 20.0 Å². The first-order chi connectivity index (χ1) is 13.7. The number of ether oxygens (including phenoxy) is 1. The fourth-order valence-corrected chi connectivity index (χ4v) is 4.23. The van der Waals surface area contributed by atoms with Gasteiger partial charge in [0.2, 0.25) is 0 Å². The van der Waals surface area contributed by atoms with Crippen LogP contribution < -0.4 is 5.32 Å². The molecular formula is C22H30N4O2. The maximum absolute atomic E-state index is 12.5. The van der Waals surface area contributed by atoms with Crippen molar-refractivity contribution in [3.05, 3.63) is 53.3 Å². The average Bonchev–Trinajstić information content (AvgIpc) is 3.38. The van der Waals surface area contributed by atoms with E-state index < -0.39 is 0 Å². The summed E-state index contributed by atoms with van der Waals surface area (Å²) in [5.41, 5.74) is 2.89. The summed E-state index contributed by atoms with van der Waals surface area (Å²) in [5.74, 6) is -0.107. The molecule has 2 aromatic rings. The summed E-state index contributed by atoms with van der Waals surface area (Å²) in [6.45, 7) is 6.28. The zero-order valence-corrected chi connectivity index (χ0v) is 16.6. The predicted octanol–water partition coefficient (Wildman–Crippen LogP) is 3.15. The molecule has 1 aromatic carbocycles. The first-order valence-corrected chi connectivity index (χ1v) is 10.4. The fourth-order valence-electron chi connectivity index (χ4n) is 4.23. The molecule has 0 spiro atoms. The number of carbonyl (C=O) groups is 1. The van der Waals surface area contributed by atoms with Gasteiger partial charge in [0.25, 0.3) is 5.91 Å². The molecule has 28 heavy (non-hydrogen) atoms. The largest absolute Gasteiger partial charge is 0.376 e. The Bertz CT molecular complexity index is 797. The van der Waals surface area contributed by atoms with Crippen LogP contribution in [0.4, 0.5) is 0 Å². The van der Waals surface area contributed by atoms with Gasteiger partial charge in [0.05, 0.1) is 18.8 Å². The van der Waals surface area contributed by atoms with Crippen molar-refractivity contribution in [3.63, 3.8) is 0 Å². The molecule has 1 aliphatic carbocycles. The van der Waals surface area contributed by atoms with E-state index >= 15 is 0 Å². The van der Waals surface area contributed by atoms with Crippen molar-refractivity contribution in [3.8, 4) is 0 Å². The summed E-state index contributed by atoms with van der Waals surface area (Å²) in [7, 11) is 0. The zero-order valence-electron chi connectivity index (χ0n) is 16.6. The van der Waals surface area contributed by atoms with Gasteiger partial charge in [-0.15, -0.1) is 0 Å². The monoisotopic (exact) mass is 382 g/mol. The van der Waals surface area contributed by atoms with Crippen LogP contribution in [-0.4, -0.2) is 46.4 Å². The molecule has 1 aromatic heterocycles. The van der Waals surface area contributed by atoms with Crippen LogP contribution in [0.5, 0.6) is 0 Å². The lowest BCUT2D eigenvalue weighted by atomic mass is 10.1. The van der Waals surface area contributed by atoms with Crippen molar-refractivity contribution in [2.24, 2.45) is 0 Å². The summed E-state index contributed by atoms with van der Waals surface area (Å²) in [5, 5.41) is 7.50. The number of benzene rings is 1. The van der Waals surface area contributed by atoms with Crippen molar-refractivity contribution >= 4 is 5.91 Å². The summed E-state index contributed by atoms with van der Waals surface area (Å²) in [6, 6.07) is 10.7. The minimum Gasteiger partial charge on any atom is -0.376 e. The number of nitrogens with one attached hydrogen (secondary N) is 1. The van der Waals surface area contributed by atoms with Crippen molar-refractivity contribution in [2.45, 2.75) is 57.8 Å². The molecule has 0 radical (unpaired) electrons. The minimum atomic E-state index is -0.107. The highest BCUT2D eigenvalue weighted by molar-refractivity contribution is 5.92.